The lowest BCUT2D eigenvalue weighted by Crippen LogP contribution is -2.50. The van der Waals surface area contributed by atoms with Crippen molar-refractivity contribution in [3.8, 4) is 5.75 Å². The molecule has 2 fully saturated rings. The lowest BCUT2D eigenvalue weighted by atomic mass is 9.94. The third-order valence-electron chi connectivity index (χ3n) is 5.31. The number of morpholine rings is 1. The van der Waals surface area contributed by atoms with E-state index in [0.717, 1.165) is 45.2 Å². The van der Waals surface area contributed by atoms with E-state index in [4.69, 9.17) is 9.47 Å². The summed E-state index contributed by atoms with van der Waals surface area (Å²) in [5.41, 5.74) is 1.29. The summed E-state index contributed by atoms with van der Waals surface area (Å²) < 4.78 is 11.5. The van der Waals surface area contributed by atoms with Gasteiger partial charge in [0.1, 0.15) is 12.4 Å². The number of nitrogens with zero attached hydrogens (tertiary/aromatic N) is 1. The Bertz CT molecular complexity index is 524. The van der Waals surface area contributed by atoms with Gasteiger partial charge in [0.2, 0.25) is 0 Å². The van der Waals surface area contributed by atoms with Gasteiger partial charge in [0, 0.05) is 31.7 Å². The largest absolute Gasteiger partial charge is 0.492 e. The van der Waals surface area contributed by atoms with Crippen LogP contribution in [0.15, 0.2) is 24.3 Å². The van der Waals surface area contributed by atoms with Crippen molar-refractivity contribution in [2.24, 2.45) is 5.92 Å². The molecule has 0 bridgehead atoms. The van der Waals surface area contributed by atoms with Crippen molar-refractivity contribution in [3.63, 3.8) is 0 Å². The van der Waals surface area contributed by atoms with Gasteiger partial charge in [-0.2, -0.15) is 0 Å². The number of rotatable bonds is 8. The molecule has 26 heavy (non-hydrogen) atoms. The molecule has 1 heterocycles. The summed E-state index contributed by atoms with van der Waals surface area (Å²) in [6.45, 7) is 5.25. The zero-order valence-corrected chi connectivity index (χ0v) is 16.9. The van der Waals surface area contributed by atoms with Gasteiger partial charge in [-0.25, -0.2) is 0 Å². The Labute approximate surface area is 164 Å². The van der Waals surface area contributed by atoms with Gasteiger partial charge in [-0.05, 0) is 50.6 Å². The van der Waals surface area contributed by atoms with E-state index < -0.39 is 0 Å². The summed E-state index contributed by atoms with van der Waals surface area (Å²) in [4.78, 5) is 2.13. The van der Waals surface area contributed by atoms with Crippen molar-refractivity contribution in [2.75, 3.05) is 47.0 Å². The maximum atomic E-state index is 5.85. The summed E-state index contributed by atoms with van der Waals surface area (Å²) in [5.74, 6) is 1.64. The Hall–Kier alpha value is -0.850. The van der Waals surface area contributed by atoms with Gasteiger partial charge in [0.05, 0.1) is 13.2 Å². The number of hydrogen-bond acceptors (Lipinski definition) is 5. The number of halogens is 1. The molecule has 0 amide bonds. The van der Waals surface area contributed by atoms with Gasteiger partial charge in [0.25, 0.3) is 0 Å². The third-order valence-corrected chi connectivity index (χ3v) is 5.31. The lowest BCUT2D eigenvalue weighted by molar-refractivity contribution is 0.0524. The minimum absolute atomic E-state index is 0. The molecular weight excluding hydrogens is 350 g/mol. The number of ether oxygens (including phenoxy) is 2. The molecule has 2 N–H and O–H groups in total. The maximum Gasteiger partial charge on any atom is 0.119 e. The fourth-order valence-electron chi connectivity index (χ4n) is 3.92. The highest BCUT2D eigenvalue weighted by Crippen LogP contribution is 2.29. The predicted molar refractivity (Wildman–Crippen MR) is 108 cm³/mol. The number of hydrogen-bond donors (Lipinski definition) is 2. The van der Waals surface area contributed by atoms with Crippen LogP contribution in [0, 0.1) is 5.92 Å². The molecule has 1 saturated carbocycles. The normalized spacial score (nSPS) is 25.9. The third kappa shape index (κ3) is 6.39. The number of nitrogens with one attached hydrogen (secondary N) is 2. The molecule has 1 saturated heterocycles. The van der Waals surface area contributed by atoms with Crippen molar-refractivity contribution in [1.82, 2.24) is 15.5 Å². The first-order chi connectivity index (χ1) is 12.2. The molecule has 1 aromatic rings. The Morgan fingerprint density at radius 3 is 2.96 bits per heavy atom. The van der Waals surface area contributed by atoms with Crippen LogP contribution in [0.25, 0.3) is 0 Å². The molecule has 6 heteroatoms. The zero-order valence-electron chi connectivity index (χ0n) is 16.1. The molecule has 3 unspecified atom stereocenters. The zero-order chi connectivity index (χ0) is 17.5. The molecule has 3 atom stereocenters. The first-order valence-corrected chi connectivity index (χ1v) is 9.63. The predicted octanol–water partition coefficient (Wildman–Crippen LogP) is 2.30. The van der Waals surface area contributed by atoms with E-state index in [9.17, 15) is 0 Å². The highest BCUT2D eigenvalue weighted by atomic mass is 35.5. The lowest BCUT2D eigenvalue weighted by Gasteiger charge is -2.33. The fourth-order valence-corrected chi connectivity index (χ4v) is 3.92. The maximum absolute atomic E-state index is 5.85. The van der Waals surface area contributed by atoms with E-state index in [1.54, 1.807) is 0 Å². The van der Waals surface area contributed by atoms with Crippen LogP contribution in [-0.2, 0) is 11.3 Å². The molecule has 148 valence electrons. The van der Waals surface area contributed by atoms with Gasteiger partial charge in [-0.3, -0.25) is 0 Å². The molecule has 5 nitrogen and oxygen atoms in total. The summed E-state index contributed by atoms with van der Waals surface area (Å²) in [6.07, 6.45) is 3.88. The topological polar surface area (TPSA) is 45.8 Å². The minimum Gasteiger partial charge on any atom is -0.492 e. The second kappa shape index (κ2) is 11.1. The highest BCUT2D eigenvalue weighted by molar-refractivity contribution is 5.85. The molecule has 0 spiro atoms. The van der Waals surface area contributed by atoms with Gasteiger partial charge in [-0.15, -0.1) is 12.4 Å². The first-order valence-electron chi connectivity index (χ1n) is 9.63. The summed E-state index contributed by atoms with van der Waals surface area (Å²) in [5, 5.41) is 7.43. The van der Waals surface area contributed by atoms with Crippen molar-refractivity contribution in [2.45, 2.75) is 37.9 Å². The quantitative estimate of drug-likeness (QED) is 0.721. The summed E-state index contributed by atoms with van der Waals surface area (Å²) in [6, 6.07) is 9.56. The Balaban J connectivity index is 0.00000243. The molecule has 1 aromatic carbocycles. The van der Waals surface area contributed by atoms with Crippen LogP contribution in [0.5, 0.6) is 5.75 Å². The van der Waals surface area contributed by atoms with E-state index in [2.05, 4.69) is 47.8 Å². The highest BCUT2D eigenvalue weighted by Gasteiger charge is 2.34. The Morgan fingerprint density at radius 1 is 1.31 bits per heavy atom. The molecular formula is C20H34ClN3O2. The van der Waals surface area contributed by atoms with Crippen LogP contribution in [0.4, 0.5) is 0 Å². The second-order valence-corrected chi connectivity index (χ2v) is 7.52. The van der Waals surface area contributed by atoms with E-state index >= 15 is 0 Å². The fraction of sp³-hybridized carbons (Fsp3) is 0.700. The van der Waals surface area contributed by atoms with Gasteiger partial charge in [-0.1, -0.05) is 18.6 Å². The molecule has 3 rings (SSSR count). The van der Waals surface area contributed by atoms with Gasteiger partial charge >= 0.3 is 0 Å². The first kappa shape index (κ1) is 21.5. The van der Waals surface area contributed by atoms with Gasteiger partial charge in [0.15, 0.2) is 0 Å². The average Bonchev–Trinajstić information content (AvgIpc) is 3.09. The van der Waals surface area contributed by atoms with Crippen LogP contribution >= 0.6 is 12.4 Å². The molecule has 1 aliphatic heterocycles. The molecule has 2 aliphatic rings. The monoisotopic (exact) mass is 383 g/mol. The summed E-state index contributed by atoms with van der Waals surface area (Å²) in [7, 11) is 4.13. The van der Waals surface area contributed by atoms with Gasteiger partial charge < -0.3 is 25.0 Å². The smallest absolute Gasteiger partial charge is 0.119 e. The molecule has 0 radical (unpaired) electrons. The SMILES string of the molecule is CN(C)CCOc1cccc(CNC2CCCC2C2COCCN2)c1.Cl. The average molecular weight is 384 g/mol. The Morgan fingerprint density at radius 2 is 2.19 bits per heavy atom. The number of likely N-dealkylation sites (N-methyl/N-ethyl adjacent to an activating group) is 1. The van der Waals surface area contributed by atoms with Crippen molar-refractivity contribution in [1.29, 1.82) is 0 Å². The van der Waals surface area contributed by atoms with Crippen LogP contribution in [0.2, 0.25) is 0 Å². The van der Waals surface area contributed by atoms with Crippen molar-refractivity contribution in [3.05, 3.63) is 29.8 Å². The van der Waals surface area contributed by atoms with Crippen LogP contribution in [0.3, 0.4) is 0 Å². The minimum atomic E-state index is 0. The van der Waals surface area contributed by atoms with E-state index in [1.165, 1.54) is 24.8 Å². The van der Waals surface area contributed by atoms with Crippen molar-refractivity contribution < 1.29 is 9.47 Å². The summed E-state index contributed by atoms with van der Waals surface area (Å²) >= 11 is 0. The van der Waals surface area contributed by atoms with Crippen LogP contribution in [0.1, 0.15) is 24.8 Å². The molecule has 1 aliphatic carbocycles. The van der Waals surface area contributed by atoms with E-state index in [0.29, 0.717) is 18.0 Å². The van der Waals surface area contributed by atoms with E-state index in [-0.39, 0.29) is 12.4 Å². The van der Waals surface area contributed by atoms with Crippen LogP contribution < -0.4 is 15.4 Å². The Kier molecular flexibility index (Phi) is 9.16. The number of benzene rings is 1. The van der Waals surface area contributed by atoms with Crippen LogP contribution in [-0.4, -0.2) is 64.0 Å². The van der Waals surface area contributed by atoms with E-state index in [1.807, 2.05) is 6.07 Å². The second-order valence-electron chi connectivity index (χ2n) is 7.52. The van der Waals surface area contributed by atoms with Crippen molar-refractivity contribution >= 4 is 12.4 Å². The standard InChI is InChI=1S/C20H33N3O2.ClH/c1-23(2)10-12-25-17-6-3-5-16(13-17)14-22-19-8-4-7-18(19)20-15-24-11-9-21-20;/h3,5-6,13,18-22H,4,7-12,14-15H2,1-2H3;1H. The molecule has 0 aromatic heterocycles.